The summed E-state index contributed by atoms with van der Waals surface area (Å²) in [6.07, 6.45) is 17.0. The molecule has 10 aliphatic rings. The van der Waals surface area contributed by atoms with E-state index in [0.29, 0.717) is 63.5 Å². The minimum absolute atomic E-state index is 0.0112. The first-order chi connectivity index (χ1) is 46.1. The highest BCUT2D eigenvalue weighted by Crippen LogP contribution is 2.66. The molecule has 26 heteroatoms. The zero-order valence-electron chi connectivity index (χ0n) is 62.9. The quantitative estimate of drug-likeness (QED) is 0.0396. The lowest BCUT2D eigenvalue weighted by Gasteiger charge is -2.41. The number of carbonyl (C=O) groups is 10. The Hall–Kier alpha value is -5.40. The molecule has 0 aromatic rings. The van der Waals surface area contributed by atoms with Gasteiger partial charge in [-0.3, -0.25) is 38.4 Å². The fourth-order valence-corrected chi connectivity index (χ4v) is 19.3. The maximum Gasteiger partial charge on any atom is 0.315 e. The molecular weight excluding hydrogens is 1320 g/mol. The van der Waals surface area contributed by atoms with Gasteiger partial charge in [-0.2, -0.15) is 0 Å². The summed E-state index contributed by atoms with van der Waals surface area (Å²) in [6.45, 7) is 30.0. The van der Waals surface area contributed by atoms with Gasteiger partial charge in [0.2, 0.25) is 35.2 Å². The normalized spacial score (nSPS) is 27.0. The van der Waals surface area contributed by atoms with Crippen molar-refractivity contribution >= 4 is 78.7 Å². The molecule has 0 bridgehead atoms. The summed E-state index contributed by atoms with van der Waals surface area (Å²) in [4.78, 5) is 140. The minimum atomic E-state index is -3.56. The molecule has 2 heterocycles. The number of sulfone groups is 2. The van der Waals surface area contributed by atoms with Crippen molar-refractivity contribution in [2.45, 2.75) is 321 Å². The van der Waals surface area contributed by atoms with Crippen LogP contribution < -0.4 is 42.5 Å². The molecule has 0 radical (unpaired) electrons. The second-order valence-corrected chi connectivity index (χ2v) is 42.9. The predicted molar refractivity (Wildman–Crippen MR) is 381 cm³/mol. The zero-order chi connectivity index (χ0) is 74.1. The molecule has 8 aliphatic carbocycles. The number of rotatable bonds is 26. The van der Waals surface area contributed by atoms with Gasteiger partial charge >= 0.3 is 12.1 Å². The number of piperidine rings is 2. The van der Waals surface area contributed by atoms with Crippen LogP contribution in [0.1, 0.15) is 252 Å². The molecule has 10 rings (SSSR count). The fourth-order valence-electron chi connectivity index (χ4n) is 16.3. The second kappa shape index (κ2) is 28.9. The average molecular weight is 1440 g/mol. The minimum Gasteiger partial charge on any atom is -0.347 e. The van der Waals surface area contributed by atoms with Gasteiger partial charge in [-0.05, 0) is 176 Å². The first-order valence-corrected chi connectivity index (χ1v) is 41.0. The monoisotopic (exact) mass is 1440 g/mol. The lowest BCUT2D eigenvalue weighted by atomic mass is 9.83. The van der Waals surface area contributed by atoms with Crippen LogP contribution in [0, 0.1) is 57.2 Å². The van der Waals surface area contributed by atoms with Crippen LogP contribution in [0.2, 0.25) is 0 Å². The largest absolute Gasteiger partial charge is 0.347 e. The zero-order valence-corrected chi connectivity index (χ0v) is 64.5. The number of Topliss-reactive ketones (excluding diaryl/α,β-unsaturated/α-hetero) is 2. The smallest absolute Gasteiger partial charge is 0.315 e. The lowest BCUT2D eigenvalue weighted by molar-refractivity contribution is -0.145. The van der Waals surface area contributed by atoms with Crippen molar-refractivity contribution in [1.29, 1.82) is 0 Å². The van der Waals surface area contributed by atoms with Crippen molar-refractivity contribution in [3.05, 3.63) is 0 Å². The van der Waals surface area contributed by atoms with Crippen molar-refractivity contribution in [1.82, 2.24) is 52.3 Å². The van der Waals surface area contributed by atoms with Crippen molar-refractivity contribution in [3.63, 3.8) is 0 Å². The van der Waals surface area contributed by atoms with E-state index in [4.69, 9.17) is 0 Å². The highest BCUT2D eigenvalue weighted by atomic mass is 32.2. The third kappa shape index (κ3) is 18.6. The van der Waals surface area contributed by atoms with E-state index >= 15 is 0 Å². The van der Waals surface area contributed by atoms with E-state index in [-0.39, 0.29) is 58.1 Å². The Morgan fingerprint density at radius 3 is 1.02 bits per heavy atom. The molecule has 10 atom stereocenters. The number of hydrogen-bond donors (Lipinski definition) is 8. The van der Waals surface area contributed by atoms with Gasteiger partial charge in [0, 0.05) is 25.2 Å². The van der Waals surface area contributed by atoms with Crippen LogP contribution in [0.4, 0.5) is 9.59 Å². The van der Waals surface area contributed by atoms with Crippen LogP contribution in [0.5, 0.6) is 0 Å². The molecule has 0 spiro atoms. The highest BCUT2D eigenvalue weighted by Gasteiger charge is 2.71. The Bertz CT molecular complexity index is 3150. The second-order valence-electron chi connectivity index (χ2n) is 37.4. The number of nitrogens with zero attached hydrogens (tertiary/aromatic N) is 2. The molecule has 8 N–H and O–H groups in total. The summed E-state index contributed by atoms with van der Waals surface area (Å²) in [6, 6.07) is -6.90. The summed E-state index contributed by atoms with van der Waals surface area (Å²) in [5.41, 5.74) is -3.78. The Balaban J connectivity index is 0.000000233. The average Bonchev–Trinajstić information content (AvgIpc) is 1.53. The van der Waals surface area contributed by atoms with Crippen molar-refractivity contribution in [2.24, 2.45) is 57.2 Å². The van der Waals surface area contributed by atoms with Crippen molar-refractivity contribution in [2.75, 3.05) is 24.6 Å². The van der Waals surface area contributed by atoms with Crippen LogP contribution in [-0.4, -0.2) is 179 Å². The lowest BCUT2D eigenvalue weighted by Crippen LogP contribution is -2.64. The fraction of sp³-hybridized carbons (Fsp3) is 0.865. The third-order valence-electron chi connectivity index (χ3n) is 24.1. The Kier molecular flexibility index (Phi) is 22.8. The first-order valence-electron chi connectivity index (χ1n) is 37.7. The van der Waals surface area contributed by atoms with Gasteiger partial charge in [0.1, 0.15) is 24.2 Å². The predicted octanol–water partition coefficient (Wildman–Crippen LogP) is 7.24. The van der Waals surface area contributed by atoms with Crippen molar-refractivity contribution in [3.8, 4) is 0 Å². The molecule has 564 valence electrons. The third-order valence-corrected chi connectivity index (χ3v) is 29.7. The summed E-state index contributed by atoms with van der Waals surface area (Å²) in [7, 11) is -7.12. The summed E-state index contributed by atoms with van der Waals surface area (Å²) >= 11 is 0. The summed E-state index contributed by atoms with van der Waals surface area (Å²) < 4.78 is 51.3. The number of likely N-dealkylation sites (tertiary alicyclic amines) is 2. The molecule has 10 amide bonds. The highest BCUT2D eigenvalue weighted by molar-refractivity contribution is 7.93. The van der Waals surface area contributed by atoms with Gasteiger partial charge in [0.15, 0.2) is 19.7 Å². The molecule has 24 nitrogen and oxygen atoms in total. The van der Waals surface area contributed by atoms with Crippen LogP contribution in [-0.2, 0) is 58.0 Å². The molecule has 100 heavy (non-hydrogen) atoms. The van der Waals surface area contributed by atoms with Crippen LogP contribution in [0.15, 0.2) is 0 Å². The number of carbonyl (C=O) groups excluding carboxylic acids is 10. The maximum absolute atomic E-state index is 14.5. The van der Waals surface area contributed by atoms with E-state index in [2.05, 4.69) is 70.2 Å². The molecular formula is C74H122N10O14S2. The molecule has 2 saturated heterocycles. The van der Waals surface area contributed by atoms with Crippen LogP contribution in [0.25, 0.3) is 0 Å². The molecule has 8 saturated carbocycles. The first kappa shape index (κ1) is 78.7. The topological polar surface area (TPSA) is 342 Å². The number of urea groups is 2. The van der Waals surface area contributed by atoms with E-state index in [1.807, 2.05) is 41.5 Å². The molecule has 0 aromatic heterocycles. The van der Waals surface area contributed by atoms with Gasteiger partial charge in [0.25, 0.3) is 11.8 Å². The van der Waals surface area contributed by atoms with Gasteiger partial charge in [-0.1, -0.05) is 133 Å². The summed E-state index contributed by atoms with van der Waals surface area (Å²) in [5, 5.41) is 23.2. The number of fused-ring (bicyclic) bond motifs is 2. The Morgan fingerprint density at radius 2 is 0.750 bits per heavy atom. The van der Waals surface area contributed by atoms with Crippen LogP contribution in [0.3, 0.4) is 0 Å². The van der Waals surface area contributed by atoms with Gasteiger partial charge in [-0.15, -0.1) is 0 Å². The molecule has 0 aromatic carbocycles. The van der Waals surface area contributed by atoms with Gasteiger partial charge < -0.3 is 52.3 Å². The Morgan fingerprint density at radius 1 is 0.440 bits per heavy atom. The van der Waals surface area contributed by atoms with E-state index in [0.717, 1.165) is 103 Å². The number of ketones is 2. The summed E-state index contributed by atoms with van der Waals surface area (Å²) in [5.74, 6) is -3.83. The number of hydrogen-bond acceptors (Lipinski definition) is 14. The molecule has 10 fully saturated rings. The molecule has 0 unspecified atom stereocenters. The van der Waals surface area contributed by atoms with Gasteiger partial charge in [-0.25, -0.2) is 26.4 Å². The van der Waals surface area contributed by atoms with Gasteiger partial charge in [0.05, 0.1) is 44.2 Å². The van der Waals surface area contributed by atoms with E-state index < -0.39 is 146 Å². The number of amides is 10. The molecule has 2 aliphatic heterocycles. The van der Waals surface area contributed by atoms with Crippen LogP contribution >= 0.6 is 0 Å². The van der Waals surface area contributed by atoms with E-state index in [9.17, 15) is 64.8 Å². The van der Waals surface area contributed by atoms with E-state index in [1.54, 1.807) is 51.3 Å². The standard InChI is InChI=1S/2C37H61N5O7S/c2*1-34(2,3)29(40-33(47)41-37(18-10-9-11-19-37)21-50(48,49)35(4,5)6)32(46)42-20-24-26(36(24,7)8)27(42)30(44)39-25(17-14-22-12-13-22)28(43)31(45)38-23-15-16-23/h2*22-27,29H,9-21H2,1-8H3,(H,38,45)(H,39,44)(H2,40,41,47)/t24-,25+,26-,27-,29+;24-,25-,26-,27-,29+/m00/s1. The SMILES string of the molecule is CC(C)(C)[C@H](NC(=O)NC1(CS(=O)(=O)C(C)(C)C)CCCCC1)C(=O)N1C[C@H]2[C@@H]([C@H]1C(=O)N[C@@H](CCC1CC1)C(=O)C(=O)NC1CC1)C2(C)C.CC(C)(C)[C@H](NC(=O)NC1(CS(=O)(=O)C(C)(C)C)CCCCC1)C(=O)N1C[C@H]2[C@@H]([C@H]1C(=O)N[C@H](CCC1CC1)C(=O)C(=O)NC1CC1)C2(C)C. The van der Waals surface area contributed by atoms with E-state index in [1.165, 1.54) is 0 Å². The maximum atomic E-state index is 14.5. The van der Waals surface area contributed by atoms with Crippen molar-refractivity contribution < 1.29 is 64.8 Å². The number of nitrogens with one attached hydrogen (secondary N) is 8. The Labute approximate surface area is 595 Å².